The van der Waals surface area contributed by atoms with E-state index in [9.17, 15) is 34.8 Å². The van der Waals surface area contributed by atoms with Gasteiger partial charge in [-0.05, 0) is 19.8 Å². The highest BCUT2D eigenvalue weighted by molar-refractivity contribution is 7.90. The van der Waals surface area contributed by atoms with Crippen LogP contribution in [0.25, 0.3) is 0 Å². The van der Waals surface area contributed by atoms with Crippen LogP contribution in [0.1, 0.15) is 27.7 Å². The lowest BCUT2D eigenvalue weighted by atomic mass is 9.91. The van der Waals surface area contributed by atoms with Crippen molar-refractivity contribution in [2.75, 3.05) is 0 Å². The zero-order valence-electron chi connectivity index (χ0n) is 10.6. The molecule has 0 saturated heterocycles. The van der Waals surface area contributed by atoms with Crippen LogP contribution in [-0.2, 0) is 10.0 Å². The third kappa shape index (κ3) is 9.96. The summed E-state index contributed by atoms with van der Waals surface area (Å²) in [5, 5.41) is 5.25. The fraction of sp³-hybridized carbons (Fsp3) is 1.00. The van der Waals surface area contributed by atoms with Gasteiger partial charge in [-0.2, -0.15) is 26.3 Å². The van der Waals surface area contributed by atoms with Gasteiger partial charge in [0, 0.05) is 5.54 Å². The molecule has 0 aliphatic rings. The Hall–Kier alpha value is -0.550. The molecule has 4 nitrogen and oxygen atoms in total. The summed E-state index contributed by atoms with van der Waals surface area (Å²) in [7, 11) is -5.34. The van der Waals surface area contributed by atoms with Gasteiger partial charge in [0.25, 0.3) is 0 Å². The molecule has 0 saturated carbocycles. The number of alkyl halides is 6. The van der Waals surface area contributed by atoms with Gasteiger partial charge < -0.3 is 0 Å². The van der Waals surface area contributed by atoms with Crippen molar-refractivity contribution in [1.82, 2.24) is 5.32 Å². The maximum absolute atomic E-state index is 11.8. The summed E-state index contributed by atoms with van der Waals surface area (Å²) in [4.78, 5) is 0. The van der Waals surface area contributed by atoms with E-state index in [0.29, 0.717) is 0 Å². The normalized spacial score (nSPS) is 14.1. The van der Waals surface area contributed by atoms with Crippen molar-refractivity contribution >= 4 is 10.0 Å². The summed E-state index contributed by atoms with van der Waals surface area (Å²) >= 11 is 0. The summed E-state index contributed by atoms with van der Waals surface area (Å²) in [5.74, 6) is -0.0517. The highest BCUT2D eigenvalue weighted by atomic mass is 32.2. The Balaban J connectivity index is 0. The molecule has 0 fully saturated rings. The lowest BCUT2D eigenvalue weighted by molar-refractivity contribution is -0.176. The second-order valence-corrected chi connectivity index (χ2v) is 6.04. The first-order chi connectivity index (χ1) is 7.90. The van der Waals surface area contributed by atoms with Gasteiger partial charge in [-0.25, -0.2) is 18.9 Å². The standard InChI is InChI=1S/C7H14F3N.CH2F3NO2S/c1-5(2)6(3,4)11-7(8,9)10;2-1(3,4)8(5,6)7/h5,11H,1-4H3;(H2,5,6,7). The van der Waals surface area contributed by atoms with Gasteiger partial charge in [0.15, 0.2) is 0 Å². The minimum absolute atomic E-state index is 0.0517. The number of nitrogens with one attached hydrogen (secondary N) is 1. The molecular formula is C8H16F6N2O2S. The summed E-state index contributed by atoms with van der Waals surface area (Å²) < 4.78 is 86.6. The molecule has 0 spiro atoms. The Labute approximate surface area is 107 Å². The molecule has 0 aromatic heterocycles. The molecule has 118 valence electrons. The summed E-state index contributed by atoms with van der Waals surface area (Å²) in [5.41, 5.74) is -6.20. The number of hydrogen-bond acceptors (Lipinski definition) is 3. The zero-order valence-corrected chi connectivity index (χ0v) is 11.5. The van der Waals surface area contributed by atoms with Crippen molar-refractivity contribution in [2.45, 2.75) is 45.0 Å². The van der Waals surface area contributed by atoms with E-state index in [4.69, 9.17) is 0 Å². The Morgan fingerprint density at radius 2 is 1.26 bits per heavy atom. The summed E-state index contributed by atoms with van der Waals surface area (Å²) in [6.07, 6.45) is -4.28. The van der Waals surface area contributed by atoms with E-state index < -0.39 is 27.4 Å². The highest BCUT2D eigenvalue weighted by Crippen LogP contribution is 2.22. The Bertz CT molecular complexity index is 372. The van der Waals surface area contributed by atoms with E-state index in [1.54, 1.807) is 19.2 Å². The molecule has 0 bridgehead atoms. The Morgan fingerprint density at radius 1 is 1.00 bits per heavy atom. The number of rotatable bonds is 2. The van der Waals surface area contributed by atoms with Crippen LogP contribution in [0.3, 0.4) is 0 Å². The third-order valence-corrected chi connectivity index (χ3v) is 2.88. The van der Waals surface area contributed by atoms with Crippen LogP contribution in [0.4, 0.5) is 26.3 Å². The predicted octanol–water partition coefficient (Wildman–Crippen LogP) is 2.33. The highest BCUT2D eigenvalue weighted by Gasteiger charge is 2.42. The van der Waals surface area contributed by atoms with Gasteiger partial charge in [-0.15, -0.1) is 0 Å². The molecule has 0 aliphatic heterocycles. The van der Waals surface area contributed by atoms with Gasteiger partial charge in [0.1, 0.15) is 0 Å². The largest absolute Gasteiger partial charge is 0.511 e. The summed E-state index contributed by atoms with van der Waals surface area (Å²) in [6, 6.07) is 0. The SMILES string of the molecule is CC(C)C(C)(C)NC(F)(F)F.NS(=O)(=O)C(F)(F)F. The molecule has 0 aliphatic carbocycles. The fourth-order valence-corrected chi connectivity index (χ4v) is 0.510. The average Bonchev–Trinajstić information content (AvgIpc) is 1.95. The van der Waals surface area contributed by atoms with Crippen LogP contribution < -0.4 is 10.5 Å². The van der Waals surface area contributed by atoms with Crippen LogP contribution in [0.15, 0.2) is 0 Å². The number of halogens is 6. The molecular weight excluding hydrogens is 302 g/mol. The smallest absolute Gasteiger partial charge is 0.223 e. The lowest BCUT2D eigenvalue weighted by Gasteiger charge is -2.31. The van der Waals surface area contributed by atoms with E-state index >= 15 is 0 Å². The molecule has 3 N–H and O–H groups in total. The lowest BCUT2D eigenvalue weighted by Crippen LogP contribution is -2.51. The van der Waals surface area contributed by atoms with Crippen LogP contribution >= 0.6 is 0 Å². The molecule has 19 heavy (non-hydrogen) atoms. The van der Waals surface area contributed by atoms with Gasteiger partial charge >= 0.3 is 21.8 Å². The Morgan fingerprint density at radius 3 is 1.32 bits per heavy atom. The van der Waals surface area contributed by atoms with Crippen molar-refractivity contribution in [3.05, 3.63) is 0 Å². The summed E-state index contributed by atoms with van der Waals surface area (Å²) in [6.45, 7) is 6.56. The van der Waals surface area contributed by atoms with Crippen LogP contribution in [-0.4, -0.2) is 25.8 Å². The molecule has 0 rings (SSSR count). The van der Waals surface area contributed by atoms with Crippen LogP contribution in [0.5, 0.6) is 0 Å². The fourth-order valence-electron chi connectivity index (χ4n) is 0.510. The van der Waals surface area contributed by atoms with Gasteiger partial charge in [-0.1, -0.05) is 13.8 Å². The van der Waals surface area contributed by atoms with Gasteiger partial charge in [0.05, 0.1) is 0 Å². The van der Waals surface area contributed by atoms with Crippen LogP contribution in [0, 0.1) is 5.92 Å². The number of primary sulfonamides is 1. The number of nitrogens with two attached hydrogens (primary N) is 1. The van der Waals surface area contributed by atoms with Crippen LogP contribution in [0.2, 0.25) is 0 Å². The molecule has 11 heteroatoms. The molecule has 0 aromatic carbocycles. The van der Waals surface area contributed by atoms with Crippen molar-refractivity contribution in [1.29, 1.82) is 0 Å². The first kappa shape index (κ1) is 20.8. The van der Waals surface area contributed by atoms with Gasteiger partial charge in [0.2, 0.25) is 0 Å². The molecule has 0 amide bonds. The maximum Gasteiger partial charge on any atom is 0.511 e. The first-order valence-corrected chi connectivity index (χ1v) is 6.40. The average molecular weight is 318 g/mol. The predicted molar refractivity (Wildman–Crippen MR) is 57.3 cm³/mol. The first-order valence-electron chi connectivity index (χ1n) is 4.85. The molecule has 0 heterocycles. The minimum Gasteiger partial charge on any atom is -0.223 e. The maximum atomic E-state index is 11.8. The van der Waals surface area contributed by atoms with E-state index in [1.165, 1.54) is 13.8 Å². The van der Waals surface area contributed by atoms with Gasteiger partial charge in [-0.3, -0.25) is 0 Å². The quantitative estimate of drug-likeness (QED) is 0.606. The van der Waals surface area contributed by atoms with Crippen molar-refractivity contribution < 1.29 is 34.8 Å². The van der Waals surface area contributed by atoms with Crippen molar-refractivity contribution in [3.63, 3.8) is 0 Å². The Kier molecular flexibility index (Phi) is 6.85. The molecule has 0 atom stereocenters. The number of hydrogen-bond donors (Lipinski definition) is 2. The minimum atomic E-state index is -5.34. The molecule has 0 unspecified atom stereocenters. The second-order valence-electron chi connectivity index (χ2n) is 4.49. The molecule has 0 aromatic rings. The topological polar surface area (TPSA) is 72.2 Å². The molecule has 0 radical (unpaired) electrons. The third-order valence-electron chi connectivity index (χ3n) is 2.23. The van der Waals surface area contributed by atoms with E-state index in [0.717, 1.165) is 0 Å². The van der Waals surface area contributed by atoms with E-state index in [-0.39, 0.29) is 5.92 Å². The number of sulfonamides is 1. The van der Waals surface area contributed by atoms with Crippen molar-refractivity contribution in [3.8, 4) is 0 Å². The van der Waals surface area contributed by atoms with E-state index in [2.05, 4.69) is 5.14 Å². The zero-order chi connectivity index (χ0) is 16.3. The second kappa shape index (κ2) is 6.27. The monoisotopic (exact) mass is 318 g/mol. The van der Waals surface area contributed by atoms with Crippen molar-refractivity contribution in [2.24, 2.45) is 11.1 Å². The van der Waals surface area contributed by atoms with E-state index in [1.807, 2.05) is 0 Å².